The maximum Gasteiger partial charge on any atom is 0.290 e. The summed E-state index contributed by atoms with van der Waals surface area (Å²) in [6.07, 6.45) is 0. The number of nitrogens with zero attached hydrogens (tertiary/aromatic N) is 1. The minimum Gasteiger partial charge on any atom is -0.503 e. The molecule has 7 heteroatoms. The van der Waals surface area contributed by atoms with E-state index in [1.54, 1.807) is 4.90 Å². The second-order valence-electron chi connectivity index (χ2n) is 6.38. The van der Waals surface area contributed by atoms with Gasteiger partial charge in [0.15, 0.2) is 11.5 Å². The van der Waals surface area contributed by atoms with E-state index < -0.39 is 17.7 Å². The SMILES string of the molecule is CC(=O)C1=C(O)C(=O)N(CC[NH+]2CCOCC2)[C@@H]1c1ccc(Br)cc1. The van der Waals surface area contributed by atoms with Crippen molar-refractivity contribution in [3.05, 3.63) is 45.6 Å². The Morgan fingerprint density at radius 2 is 1.96 bits per heavy atom. The van der Waals surface area contributed by atoms with Gasteiger partial charge in [-0.2, -0.15) is 0 Å². The highest BCUT2D eigenvalue weighted by Gasteiger charge is 2.42. The molecule has 0 saturated carbocycles. The zero-order valence-corrected chi connectivity index (χ0v) is 15.7. The van der Waals surface area contributed by atoms with Gasteiger partial charge in [0.05, 0.1) is 37.9 Å². The molecule has 1 fully saturated rings. The minimum atomic E-state index is -0.529. The third-order valence-electron chi connectivity index (χ3n) is 4.77. The monoisotopic (exact) mass is 409 g/mol. The van der Waals surface area contributed by atoms with Crippen molar-refractivity contribution in [2.24, 2.45) is 0 Å². The van der Waals surface area contributed by atoms with Crippen LogP contribution in [0.3, 0.4) is 0 Å². The van der Waals surface area contributed by atoms with E-state index in [0.717, 1.165) is 42.9 Å². The van der Waals surface area contributed by atoms with Gasteiger partial charge in [0, 0.05) is 4.47 Å². The van der Waals surface area contributed by atoms with Gasteiger partial charge in [-0.25, -0.2) is 0 Å². The van der Waals surface area contributed by atoms with Gasteiger partial charge in [0.25, 0.3) is 5.91 Å². The van der Waals surface area contributed by atoms with Gasteiger partial charge in [-0.3, -0.25) is 9.59 Å². The number of Topliss-reactive ketones (excluding diaryl/α,β-unsaturated/α-hetero) is 1. The molecule has 1 aromatic rings. The number of amides is 1. The number of rotatable bonds is 5. The predicted molar refractivity (Wildman–Crippen MR) is 95.3 cm³/mol. The van der Waals surface area contributed by atoms with Gasteiger partial charge in [-0.1, -0.05) is 28.1 Å². The van der Waals surface area contributed by atoms with Gasteiger partial charge < -0.3 is 19.6 Å². The fourth-order valence-electron chi connectivity index (χ4n) is 3.42. The molecule has 134 valence electrons. The second-order valence-corrected chi connectivity index (χ2v) is 7.30. The number of benzene rings is 1. The van der Waals surface area contributed by atoms with Crippen LogP contribution in [0.5, 0.6) is 0 Å². The number of quaternary nitrogens is 1. The lowest BCUT2D eigenvalue weighted by atomic mass is 9.97. The van der Waals surface area contributed by atoms with Crippen LogP contribution < -0.4 is 4.90 Å². The van der Waals surface area contributed by atoms with Crippen molar-refractivity contribution in [2.45, 2.75) is 13.0 Å². The Bertz CT molecular complexity index is 696. The summed E-state index contributed by atoms with van der Waals surface area (Å²) in [6, 6.07) is 6.96. The summed E-state index contributed by atoms with van der Waals surface area (Å²) in [4.78, 5) is 27.6. The number of hydrogen-bond donors (Lipinski definition) is 2. The number of hydrogen-bond acceptors (Lipinski definition) is 4. The first-order valence-corrected chi connectivity index (χ1v) is 9.20. The van der Waals surface area contributed by atoms with E-state index in [4.69, 9.17) is 4.74 Å². The lowest BCUT2D eigenvalue weighted by molar-refractivity contribution is -0.907. The lowest BCUT2D eigenvalue weighted by Crippen LogP contribution is -3.14. The van der Waals surface area contributed by atoms with Crippen molar-refractivity contribution in [1.29, 1.82) is 0 Å². The molecule has 3 rings (SSSR count). The number of ether oxygens (including phenoxy) is 1. The minimum absolute atomic E-state index is 0.185. The summed E-state index contributed by atoms with van der Waals surface area (Å²) in [5.41, 5.74) is 1.01. The molecule has 1 amide bonds. The number of morpholine rings is 1. The Balaban J connectivity index is 1.85. The zero-order chi connectivity index (χ0) is 18.0. The molecule has 6 nitrogen and oxygen atoms in total. The topological polar surface area (TPSA) is 71.3 Å². The first-order valence-electron chi connectivity index (χ1n) is 8.41. The van der Waals surface area contributed by atoms with Crippen LogP contribution >= 0.6 is 15.9 Å². The van der Waals surface area contributed by atoms with Gasteiger partial charge in [0.1, 0.15) is 13.1 Å². The van der Waals surface area contributed by atoms with Gasteiger partial charge in [-0.15, -0.1) is 0 Å². The molecule has 0 bridgehead atoms. The molecule has 2 aliphatic heterocycles. The van der Waals surface area contributed by atoms with E-state index >= 15 is 0 Å². The highest BCUT2D eigenvalue weighted by Crippen LogP contribution is 2.37. The first-order chi connectivity index (χ1) is 12.0. The molecule has 2 aliphatic rings. The molecule has 0 unspecified atom stereocenters. The molecule has 0 radical (unpaired) electrons. The molecule has 2 heterocycles. The summed E-state index contributed by atoms with van der Waals surface area (Å²) >= 11 is 3.40. The van der Waals surface area contributed by atoms with Crippen LogP contribution in [0.1, 0.15) is 18.5 Å². The molecule has 0 aliphatic carbocycles. The number of carbonyl (C=O) groups excluding carboxylic acids is 2. The van der Waals surface area contributed by atoms with Crippen molar-refractivity contribution in [2.75, 3.05) is 39.4 Å². The average molecular weight is 410 g/mol. The van der Waals surface area contributed by atoms with Crippen LogP contribution in [0.15, 0.2) is 40.1 Å². The van der Waals surface area contributed by atoms with E-state index in [-0.39, 0.29) is 11.4 Å². The number of halogens is 1. The highest BCUT2D eigenvalue weighted by atomic mass is 79.9. The smallest absolute Gasteiger partial charge is 0.290 e. The molecule has 1 saturated heterocycles. The number of ketones is 1. The summed E-state index contributed by atoms with van der Waals surface area (Å²) < 4.78 is 6.28. The van der Waals surface area contributed by atoms with Crippen LogP contribution in [-0.2, 0) is 14.3 Å². The Kier molecular flexibility index (Phi) is 5.56. The Hall–Kier alpha value is -1.70. The third-order valence-corrected chi connectivity index (χ3v) is 5.30. The Morgan fingerprint density at radius 3 is 2.56 bits per heavy atom. The van der Waals surface area contributed by atoms with Crippen LogP contribution in [0, 0.1) is 0 Å². The van der Waals surface area contributed by atoms with E-state index in [1.807, 2.05) is 24.3 Å². The van der Waals surface area contributed by atoms with Crippen LogP contribution in [0.2, 0.25) is 0 Å². The molecule has 0 aromatic heterocycles. The number of nitrogens with one attached hydrogen (secondary N) is 1. The predicted octanol–water partition coefficient (Wildman–Crippen LogP) is 0.649. The van der Waals surface area contributed by atoms with Crippen LogP contribution in [0.25, 0.3) is 0 Å². The zero-order valence-electron chi connectivity index (χ0n) is 14.1. The summed E-state index contributed by atoms with van der Waals surface area (Å²) in [5.74, 6) is -1.16. The number of carbonyl (C=O) groups is 2. The Labute approximate surface area is 155 Å². The molecular weight excluding hydrogens is 388 g/mol. The summed E-state index contributed by atoms with van der Waals surface area (Å²) in [7, 11) is 0. The van der Waals surface area contributed by atoms with Crippen molar-refractivity contribution in [1.82, 2.24) is 4.90 Å². The largest absolute Gasteiger partial charge is 0.503 e. The highest BCUT2D eigenvalue weighted by molar-refractivity contribution is 9.10. The molecule has 25 heavy (non-hydrogen) atoms. The van der Waals surface area contributed by atoms with Crippen LogP contribution in [0.4, 0.5) is 0 Å². The van der Waals surface area contributed by atoms with Crippen molar-refractivity contribution >= 4 is 27.6 Å². The molecular formula is C18H22BrN2O4+. The van der Waals surface area contributed by atoms with E-state index in [2.05, 4.69) is 15.9 Å². The van der Waals surface area contributed by atoms with Crippen molar-refractivity contribution in [3.8, 4) is 0 Å². The third kappa shape index (κ3) is 3.78. The maximum atomic E-state index is 12.6. The number of aliphatic hydroxyl groups is 1. The summed E-state index contributed by atoms with van der Waals surface area (Å²) in [6.45, 7) is 5.90. The van der Waals surface area contributed by atoms with E-state index in [1.165, 1.54) is 11.8 Å². The lowest BCUT2D eigenvalue weighted by Gasteiger charge is -2.29. The number of aliphatic hydroxyl groups excluding tert-OH is 1. The normalized spacial score (nSPS) is 21.9. The molecule has 1 aromatic carbocycles. The molecule has 2 N–H and O–H groups in total. The summed E-state index contributed by atoms with van der Waals surface area (Å²) in [5, 5.41) is 10.3. The standard InChI is InChI=1S/C18H21BrN2O4/c1-12(22)15-16(13-2-4-14(19)5-3-13)21(18(24)17(15)23)7-6-20-8-10-25-11-9-20/h2-5,16,23H,6-11H2,1H3/p+1/t16-/m1/s1. The van der Waals surface area contributed by atoms with Gasteiger partial charge >= 0.3 is 0 Å². The van der Waals surface area contributed by atoms with Crippen LogP contribution in [-0.4, -0.2) is 61.1 Å². The fourth-order valence-corrected chi connectivity index (χ4v) is 3.69. The van der Waals surface area contributed by atoms with Crippen molar-refractivity contribution in [3.63, 3.8) is 0 Å². The molecule has 0 spiro atoms. The maximum absolute atomic E-state index is 12.6. The van der Waals surface area contributed by atoms with E-state index in [0.29, 0.717) is 6.54 Å². The molecule has 1 atom stereocenters. The van der Waals surface area contributed by atoms with Gasteiger partial charge in [0.2, 0.25) is 0 Å². The Morgan fingerprint density at radius 1 is 1.32 bits per heavy atom. The van der Waals surface area contributed by atoms with Crippen molar-refractivity contribution < 1.29 is 24.3 Å². The average Bonchev–Trinajstić information content (AvgIpc) is 2.86. The first kappa shape index (κ1) is 18.1. The fraction of sp³-hybridized carbons (Fsp3) is 0.444. The van der Waals surface area contributed by atoms with Gasteiger partial charge in [-0.05, 0) is 24.6 Å². The quantitative estimate of drug-likeness (QED) is 0.748. The second kappa shape index (κ2) is 7.68. The van der Waals surface area contributed by atoms with E-state index in [9.17, 15) is 14.7 Å².